The molecule has 6 atom stereocenters. The largest absolute Gasteiger partial charge is 0.444 e. The summed E-state index contributed by atoms with van der Waals surface area (Å²) in [7, 11) is 2.02. The zero-order valence-corrected chi connectivity index (χ0v) is 33.6. The van der Waals surface area contributed by atoms with Gasteiger partial charge in [-0.15, -0.1) is 0 Å². The molecule has 0 aromatic carbocycles. The number of amides is 5. The third-order valence-electron chi connectivity index (χ3n) is 8.56. The van der Waals surface area contributed by atoms with E-state index in [1.54, 1.807) is 41.5 Å². The van der Waals surface area contributed by atoms with Crippen molar-refractivity contribution in [3.63, 3.8) is 0 Å². The van der Waals surface area contributed by atoms with Crippen molar-refractivity contribution in [3.05, 3.63) is 0 Å². The maximum absolute atomic E-state index is 13.7. The second-order valence-electron chi connectivity index (χ2n) is 16.0. The van der Waals surface area contributed by atoms with Gasteiger partial charge in [0.05, 0.1) is 12.1 Å². The Morgan fingerprint density at radius 1 is 0.760 bits per heavy atom. The number of thioether (sulfide) groups is 1. The maximum Gasteiger partial charge on any atom is 0.408 e. The van der Waals surface area contributed by atoms with E-state index < -0.39 is 59.7 Å². The zero-order valence-electron chi connectivity index (χ0n) is 32.8. The standard InChI is InChI=1S/C36H68N6O7S/c1-22(2)19-27(29(43)21-25(7)31(44)39-28(20-23(3)4)34(47)42-16-14-41(11)15-17-42)38-32(45)26(13-18-50-12)37-33(46)30(24(5)6)40-35(48)49-36(8,9)10/h22-30,43H,13-21H2,1-12H3,(H,37,46)(H,38,45)(H,39,44)(H,40,48)/t25-,26+,27+,28+,29+,30+/m1/s1. The Morgan fingerprint density at radius 2 is 1.32 bits per heavy atom. The van der Waals surface area contributed by atoms with E-state index in [4.69, 9.17) is 4.74 Å². The lowest BCUT2D eigenvalue weighted by Gasteiger charge is -2.35. The van der Waals surface area contributed by atoms with Gasteiger partial charge in [0.1, 0.15) is 23.7 Å². The molecule has 0 aromatic heterocycles. The van der Waals surface area contributed by atoms with Crippen LogP contribution in [0.4, 0.5) is 4.79 Å². The molecule has 1 saturated heterocycles. The Balaban J connectivity index is 3.04. The Hall–Kier alpha value is -2.58. The van der Waals surface area contributed by atoms with Gasteiger partial charge in [0.2, 0.25) is 23.6 Å². The average molecular weight is 729 g/mol. The molecule has 50 heavy (non-hydrogen) atoms. The SMILES string of the molecule is CSCC[C@H](NC(=O)[C@@H](NC(=O)OC(C)(C)C)C(C)C)C(=O)N[C@@H](CC(C)C)[C@@H](O)C[C@@H](C)C(=O)N[C@@H](CC(C)C)C(=O)N1CCN(C)CC1. The van der Waals surface area contributed by atoms with Crippen molar-refractivity contribution in [3.8, 4) is 0 Å². The quantitative estimate of drug-likeness (QED) is 0.134. The molecule has 1 rings (SSSR count). The summed E-state index contributed by atoms with van der Waals surface area (Å²) in [5.74, 6) is -1.42. The van der Waals surface area contributed by atoms with Crippen molar-refractivity contribution in [1.82, 2.24) is 31.1 Å². The number of rotatable bonds is 19. The Bertz CT molecular complexity index is 1090. The second kappa shape index (κ2) is 21.7. The molecular formula is C36H68N6O7S. The van der Waals surface area contributed by atoms with Gasteiger partial charge in [-0.2, -0.15) is 11.8 Å². The summed E-state index contributed by atoms with van der Waals surface area (Å²) in [5, 5.41) is 22.8. The van der Waals surface area contributed by atoms with Gasteiger partial charge in [0, 0.05) is 32.1 Å². The topological polar surface area (TPSA) is 169 Å². The predicted molar refractivity (Wildman–Crippen MR) is 200 cm³/mol. The van der Waals surface area contributed by atoms with Crippen LogP contribution in [0.1, 0.15) is 94.9 Å². The molecule has 1 aliphatic rings. The van der Waals surface area contributed by atoms with Crippen LogP contribution in [0.2, 0.25) is 0 Å². The van der Waals surface area contributed by atoms with Crippen LogP contribution in [-0.2, 0) is 23.9 Å². The van der Waals surface area contributed by atoms with Crippen LogP contribution in [0.5, 0.6) is 0 Å². The molecule has 14 heteroatoms. The molecule has 0 unspecified atom stereocenters. The van der Waals surface area contributed by atoms with Gasteiger partial charge in [0.15, 0.2) is 0 Å². The molecule has 290 valence electrons. The first-order valence-corrected chi connectivity index (χ1v) is 19.6. The number of carbonyl (C=O) groups is 5. The monoisotopic (exact) mass is 728 g/mol. The molecule has 0 spiro atoms. The minimum absolute atomic E-state index is 0.0671. The number of likely N-dealkylation sites (N-methyl/N-ethyl adjacent to an activating group) is 1. The minimum Gasteiger partial charge on any atom is -0.444 e. The zero-order chi connectivity index (χ0) is 38.3. The van der Waals surface area contributed by atoms with Gasteiger partial charge in [-0.1, -0.05) is 48.5 Å². The van der Waals surface area contributed by atoms with Crippen LogP contribution >= 0.6 is 11.8 Å². The summed E-state index contributed by atoms with van der Waals surface area (Å²) < 4.78 is 5.34. The number of carbonyl (C=O) groups excluding carboxylic acids is 5. The number of piperazine rings is 1. The molecule has 5 N–H and O–H groups in total. The number of alkyl carbamates (subject to hydrolysis) is 1. The third kappa shape index (κ3) is 17.1. The van der Waals surface area contributed by atoms with E-state index >= 15 is 0 Å². The number of nitrogens with zero attached hydrogens (tertiary/aromatic N) is 2. The number of hydrogen-bond donors (Lipinski definition) is 5. The summed E-state index contributed by atoms with van der Waals surface area (Å²) in [6.07, 6.45) is 1.46. The van der Waals surface area contributed by atoms with Gasteiger partial charge in [0.25, 0.3) is 0 Å². The number of ether oxygens (including phenoxy) is 1. The fourth-order valence-corrected chi connectivity index (χ4v) is 6.20. The van der Waals surface area contributed by atoms with Crippen molar-refractivity contribution >= 4 is 41.5 Å². The van der Waals surface area contributed by atoms with Crippen molar-refractivity contribution in [2.75, 3.05) is 45.2 Å². The van der Waals surface area contributed by atoms with Crippen molar-refractivity contribution < 1.29 is 33.8 Å². The van der Waals surface area contributed by atoms with Crippen LogP contribution < -0.4 is 21.3 Å². The third-order valence-corrected chi connectivity index (χ3v) is 9.21. The first kappa shape index (κ1) is 45.4. The molecule has 0 aliphatic carbocycles. The highest BCUT2D eigenvalue weighted by Crippen LogP contribution is 2.18. The number of hydrogen-bond acceptors (Lipinski definition) is 9. The molecule has 5 amide bonds. The van der Waals surface area contributed by atoms with Gasteiger partial charge < -0.3 is 40.9 Å². The van der Waals surface area contributed by atoms with E-state index in [1.807, 2.05) is 45.9 Å². The molecule has 1 fully saturated rings. The lowest BCUT2D eigenvalue weighted by atomic mass is 9.91. The fourth-order valence-electron chi connectivity index (χ4n) is 5.73. The van der Waals surface area contributed by atoms with Crippen LogP contribution in [0.15, 0.2) is 0 Å². The first-order chi connectivity index (χ1) is 23.1. The molecule has 1 aliphatic heterocycles. The fraction of sp³-hybridized carbons (Fsp3) is 0.861. The predicted octanol–water partition coefficient (Wildman–Crippen LogP) is 3.00. The van der Waals surface area contributed by atoms with Crippen molar-refractivity contribution in [2.24, 2.45) is 23.7 Å². The van der Waals surface area contributed by atoms with E-state index in [2.05, 4.69) is 26.2 Å². The highest BCUT2D eigenvalue weighted by atomic mass is 32.2. The Kier molecular flexibility index (Phi) is 19.7. The normalized spacial score (nSPS) is 17.8. The summed E-state index contributed by atoms with van der Waals surface area (Å²) in [5.41, 5.74) is -0.745. The van der Waals surface area contributed by atoms with Crippen LogP contribution in [0.3, 0.4) is 0 Å². The van der Waals surface area contributed by atoms with Gasteiger partial charge in [-0.25, -0.2) is 4.79 Å². The number of aliphatic hydroxyl groups excluding tert-OH is 1. The smallest absolute Gasteiger partial charge is 0.408 e. The van der Waals surface area contributed by atoms with E-state index in [9.17, 15) is 29.1 Å². The van der Waals surface area contributed by atoms with Gasteiger partial charge in [-0.05, 0) is 83.3 Å². The maximum atomic E-state index is 13.7. The van der Waals surface area contributed by atoms with Crippen LogP contribution in [-0.4, -0.2) is 126 Å². The lowest BCUT2D eigenvalue weighted by molar-refractivity contribution is -0.139. The highest BCUT2D eigenvalue weighted by Gasteiger charge is 2.34. The van der Waals surface area contributed by atoms with Crippen molar-refractivity contribution in [1.29, 1.82) is 0 Å². The molecule has 0 aromatic rings. The van der Waals surface area contributed by atoms with Crippen molar-refractivity contribution in [2.45, 2.75) is 131 Å². The summed E-state index contributed by atoms with van der Waals surface area (Å²) >= 11 is 1.53. The molecule has 0 bridgehead atoms. The van der Waals surface area contributed by atoms with E-state index in [-0.39, 0.29) is 36.0 Å². The second-order valence-corrected chi connectivity index (χ2v) is 17.0. The molecular weight excluding hydrogens is 660 g/mol. The van der Waals surface area contributed by atoms with Gasteiger partial charge in [-0.3, -0.25) is 19.2 Å². The molecule has 1 heterocycles. The van der Waals surface area contributed by atoms with Crippen LogP contribution in [0.25, 0.3) is 0 Å². The average Bonchev–Trinajstić information content (AvgIpc) is 2.99. The molecule has 13 nitrogen and oxygen atoms in total. The summed E-state index contributed by atoms with van der Waals surface area (Å²) in [4.78, 5) is 70.4. The summed E-state index contributed by atoms with van der Waals surface area (Å²) in [6, 6.07) is -3.20. The molecule has 0 saturated carbocycles. The number of aliphatic hydroxyl groups is 1. The van der Waals surface area contributed by atoms with E-state index in [1.165, 1.54) is 11.8 Å². The lowest BCUT2D eigenvalue weighted by Crippen LogP contribution is -2.58. The first-order valence-electron chi connectivity index (χ1n) is 18.2. The Labute approximate surface area is 305 Å². The number of nitrogens with one attached hydrogen (secondary N) is 4. The van der Waals surface area contributed by atoms with E-state index in [0.717, 1.165) is 13.1 Å². The Morgan fingerprint density at radius 3 is 1.82 bits per heavy atom. The van der Waals surface area contributed by atoms with Gasteiger partial charge >= 0.3 is 6.09 Å². The van der Waals surface area contributed by atoms with Crippen LogP contribution in [0, 0.1) is 23.7 Å². The summed E-state index contributed by atoms with van der Waals surface area (Å²) in [6.45, 7) is 21.3. The highest BCUT2D eigenvalue weighted by molar-refractivity contribution is 7.98. The van der Waals surface area contributed by atoms with E-state index in [0.29, 0.717) is 38.1 Å². The minimum atomic E-state index is -1.06. The molecule has 0 radical (unpaired) electrons.